The minimum absolute atomic E-state index is 0.317. The molecule has 6 rings (SSSR count). The first-order valence-electron chi connectivity index (χ1n) is 15.0. The Bertz CT molecular complexity index is 950. The normalized spacial score (nSPS) is 33.7. The lowest BCUT2D eigenvalue weighted by Crippen LogP contribution is -2.61. The van der Waals surface area contributed by atoms with Gasteiger partial charge in [0, 0.05) is 49.0 Å². The van der Waals surface area contributed by atoms with Crippen LogP contribution in [0.5, 0.6) is 5.75 Å². The summed E-state index contributed by atoms with van der Waals surface area (Å²) >= 11 is 0. The predicted octanol–water partition coefficient (Wildman–Crippen LogP) is 5.88. The summed E-state index contributed by atoms with van der Waals surface area (Å²) in [6.07, 6.45) is 17.6. The Morgan fingerprint density at radius 3 is 2.27 bits per heavy atom. The lowest BCUT2D eigenvalue weighted by Gasteiger charge is -2.57. The molecule has 1 N–H and O–H groups in total. The molecule has 4 bridgehead atoms. The molecule has 1 aromatic carbocycles. The minimum atomic E-state index is -0.948. The Morgan fingerprint density at radius 2 is 1.59 bits per heavy atom. The van der Waals surface area contributed by atoms with Crippen molar-refractivity contribution >= 4 is 11.7 Å². The van der Waals surface area contributed by atoms with Crippen molar-refractivity contribution in [1.29, 1.82) is 0 Å². The number of hydrogen-bond donors (Lipinski definition) is 1. The molecule has 4 atom stereocenters. The Morgan fingerprint density at radius 1 is 0.919 bits per heavy atom. The highest BCUT2D eigenvalue weighted by atomic mass is 16.5. The highest BCUT2D eigenvalue weighted by Gasteiger charge is 2.46. The molecule has 5 aliphatic rings. The number of anilines is 1. The molecule has 5 fully saturated rings. The molecular weight excluding hydrogens is 462 g/mol. The highest BCUT2D eigenvalue weighted by Crippen LogP contribution is 2.47. The van der Waals surface area contributed by atoms with Gasteiger partial charge in [0.1, 0.15) is 11.6 Å². The third-order valence-corrected chi connectivity index (χ3v) is 10.1. The first-order valence-corrected chi connectivity index (χ1v) is 15.0. The van der Waals surface area contributed by atoms with E-state index in [1.165, 1.54) is 83.5 Å². The fourth-order valence-electron chi connectivity index (χ4n) is 8.70. The van der Waals surface area contributed by atoms with Gasteiger partial charge < -0.3 is 19.6 Å². The second-order valence-corrected chi connectivity index (χ2v) is 12.5. The molecule has 6 nitrogen and oxygen atoms in total. The molecule has 0 aromatic heterocycles. The van der Waals surface area contributed by atoms with Crippen molar-refractivity contribution in [2.75, 3.05) is 24.6 Å². The predicted molar refractivity (Wildman–Crippen MR) is 147 cm³/mol. The zero-order valence-corrected chi connectivity index (χ0v) is 22.4. The van der Waals surface area contributed by atoms with E-state index in [1.807, 2.05) is 18.2 Å². The lowest BCUT2D eigenvalue weighted by molar-refractivity contribution is -0.139. The van der Waals surface area contributed by atoms with E-state index >= 15 is 0 Å². The smallest absolute Gasteiger partial charge is 0.341 e. The van der Waals surface area contributed by atoms with E-state index < -0.39 is 5.97 Å². The third-order valence-electron chi connectivity index (χ3n) is 10.1. The molecule has 0 spiro atoms. The second-order valence-electron chi connectivity index (χ2n) is 12.5. The van der Waals surface area contributed by atoms with E-state index in [1.54, 1.807) is 0 Å². The Kier molecular flexibility index (Phi) is 7.38. The van der Waals surface area contributed by atoms with Gasteiger partial charge in [-0.2, -0.15) is 0 Å². The zero-order valence-electron chi connectivity index (χ0n) is 22.4. The Balaban J connectivity index is 1.25. The van der Waals surface area contributed by atoms with E-state index in [2.05, 4.69) is 27.3 Å². The van der Waals surface area contributed by atoms with Gasteiger partial charge in [0.15, 0.2) is 6.61 Å². The van der Waals surface area contributed by atoms with Gasteiger partial charge in [-0.1, -0.05) is 38.3 Å². The number of piperidine rings is 2. The van der Waals surface area contributed by atoms with Crippen molar-refractivity contribution in [2.24, 2.45) is 11.8 Å². The summed E-state index contributed by atoms with van der Waals surface area (Å²) in [6.45, 7) is 6.46. The second kappa shape index (κ2) is 10.9. The number of fused-ring (bicyclic) bond motifs is 4. The van der Waals surface area contributed by atoms with E-state index in [9.17, 15) is 4.79 Å². The maximum Gasteiger partial charge on any atom is 0.341 e. The van der Waals surface area contributed by atoms with Gasteiger partial charge in [-0.25, -0.2) is 4.79 Å². The quantitative estimate of drug-likeness (QED) is 0.474. The summed E-state index contributed by atoms with van der Waals surface area (Å²) in [6, 6.07) is 10.6. The average molecular weight is 508 g/mol. The van der Waals surface area contributed by atoms with Crippen molar-refractivity contribution in [3.05, 3.63) is 36.7 Å². The van der Waals surface area contributed by atoms with Crippen LogP contribution in [0.3, 0.4) is 0 Å². The number of carboxylic acid groups (broad SMARTS) is 1. The van der Waals surface area contributed by atoms with Crippen LogP contribution in [0, 0.1) is 11.8 Å². The lowest BCUT2D eigenvalue weighted by atomic mass is 9.68. The molecule has 4 unspecified atom stereocenters. The molecule has 0 radical (unpaired) electrons. The van der Waals surface area contributed by atoms with E-state index in [0.717, 1.165) is 42.5 Å². The maximum atomic E-state index is 11.1. The Labute approximate surface area is 222 Å². The van der Waals surface area contributed by atoms with Crippen molar-refractivity contribution in [1.82, 2.24) is 9.80 Å². The van der Waals surface area contributed by atoms with Gasteiger partial charge >= 0.3 is 5.97 Å². The van der Waals surface area contributed by atoms with Crippen LogP contribution in [0.1, 0.15) is 83.5 Å². The van der Waals surface area contributed by atoms with E-state index in [4.69, 9.17) is 9.84 Å². The number of hydrogen-bond acceptors (Lipinski definition) is 5. The van der Waals surface area contributed by atoms with Crippen LogP contribution < -0.4 is 9.64 Å². The maximum absolute atomic E-state index is 11.1. The molecule has 6 heteroatoms. The third kappa shape index (κ3) is 5.36. The number of benzene rings is 1. The average Bonchev–Trinajstić information content (AvgIpc) is 3.42. The van der Waals surface area contributed by atoms with Crippen LogP contribution in [0.15, 0.2) is 36.7 Å². The number of carboxylic acids is 1. The summed E-state index contributed by atoms with van der Waals surface area (Å²) in [7, 11) is 0. The molecule has 3 aliphatic heterocycles. The number of likely N-dealkylation sites (tertiary alicyclic amines) is 1. The minimum Gasteiger partial charge on any atom is -0.482 e. The van der Waals surface area contributed by atoms with Crippen LogP contribution in [0.25, 0.3) is 0 Å². The number of aliphatic carboxylic acids is 1. The summed E-state index contributed by atoms with van der Waals surface area (Å²) in [5.41, 5.74) is 1.09. The zero-order chi connectivity index (χ0) is 25.4. The molecule has 202 valence electrons. The first-order chi connectivity index (χ1) is 18.0. The fourth-order valence-corrected chi connectivity index (χ4v) is 8.70. The monoisotopic (exact) mass is 507 g/mol. The highest BCUT2D eigenvalue weighted by molar-refractivity contribution is 5.68. The van der Waals surface area contributed by atoms with Crippen molar-refractivity contribution < 1.29 is 14.6 Å². The topological polar surface area (TPSA) is 56.3 Å². The van der Waals surface area contributed by atoms with Gasteiger partial charge in [0.2, 0.25) is 0 Å². The molecule has 0 amide bonds. The number of nitrogens with zero attached hydrogens (tertiary/aromatic N) is 3. The van der Waals surface area contributed by atoms with Crippen LogP contribution in [-0.4, -0.2) is 64.7 Å². The first kappa shape index (κ1) is 25.1. The van der Waals surface area contributed by atoms with Gasteiger partial charge in [-0.3, -0.25) is 4.90 Å². The van der Waals surface area contributed by atoms with Crippen LogP contribution in [0.4, 0.5) is 5.69 Å². The summed E-state index contributed by atoms with van der Waals surface area (Å²) in [5.74, 6) is 2.71. The van der Waals surface area contributed by atoms with Crippen LogP contribution in [-0.2, 0) is 4.79 Å². The van der Waals surface area contributed by atoms with Gasteiger partial charge in [0.05, 0.1) is 0 Å². The van der Waals surface area contributed by atoms with Crippen molar-refractivity contribution in [2.45, 2.75) is 108 Å². The molecule has 37 heavy (non-hydrogen) atoms. The summed E-state index contributed by atoms with van der Waals surface area (Å²) < 4.78 is 5.58. The molecule has 3 saturated heterocycles. The van der Waals surface area contributed by atoms with E-state index in [0.29, 0.717) is 23.9 Å². The number of ether oxygens (including phenoxy) is 1. The SMILES string of the molecule is C=C(N1CCCC1)N(c1cccc(OCC(=O)O)c1)C1CC2CCCC(C1)N2C1CC2CCCC(C2)C1. The molecule has 1 aromatic rings. The summed E-state index contributed by atoms with van der Waals surface area (Å²) in [4.78, 5) is 19.1. The number of rotatable bonds is 8. The van der Waals surface area contributed by atoms with Crippen LogP contribution in [0.2, 0.25) is 0 Å². The standard InChI is InChI=1S/C31H45N3O3/c1-22(32-13-2-3-14-32)33(27-11-6-12-30(20-27)37-21-31(35)36)29-18-25-9-5-10-26(19-29)34(25)28-16-23-7-4-8-24(15-23)17-28/h6,11-12,20,23-26,28-29H,1-5,7-10,13-19,21H2,(H,35,36). The Hall–Kier alpha value is -2.21. The van der Waals surface area contributed by atoms with Gasteiger partial charge in [-0.15, -0.1) is 0 Å². The summed E-state index contributed by atoms with van der Waals surface area (Å²) in [5, 5.41) is 9.10. The van der Waals surface area contributed by atoms with Crippen LogP contribution >= 0.6 is 0 Å². The van der Waals surface area contributed by atoms with Gasteiger partial charge in [0.25, 0.3) is 0 Å². The molecule has 2 aliphatic carbocycles. The van der Waals surface area contributed by atoms with Gasteiger partial charge in [-0.05, 0) is 81.8 Å². The largest absolute Gasteiger partial charge is 0.482 e. The fraction of sp³-hybridized carbons (Fsp3) is 0.710. The molecular formula is C31H45N3O3. The molecule has 3 heterocycles. The van der Waals surface area contributed by atoms with Crippen molar-refractivity contribution in [3.63, 3.8) is 0 Å². The number of carbonyl (C=O) groups is 1. The molecule has 2 saturated carbocycles. The van der Waals surface area contributed by atoms with Crippen molar-refractivity contribution in [3.8, 4) is 5.75 Å². The van der Waals surface area contributed by atoms with E-state index in [-0.39, 0.29) is 6.61 Å².